The highest BCUT2D eigenvalue weighted by molar-refractivity contribution is 7.13. The number of nitrogens with one attached hydrogen (secondary N) is 2. The third kappa shape index (κ3) is 8.24. The van der Waals surface area contributed by atoms with Gasteiger partial charge < -0.3 is 34.7 Å². The number of nitrogens with zero attached hydrogens (tertiary/aromatic N) is 2. The van der Waals surface area contributed by atoms with E-state index in [0.717, 1.165) is 32.7 Å². The highest BCUT2D eigenvalue weighted by Gasteiger charge is 2.54. The molecule has 2 saturated heterocycles. The average Bonchev–Trinajstić information content (AvgIpc) is 3.50. The predicted octanol–water partition coefficient (Wildman–Crippen LogP) is 4.84. The molecule has 284 valence electrons. The lowest BCUT2D eigenvalue weighted by Gasteiger charge is -2.36. The molecule has 6 rings (SSSR count). The van der Waals surface area contributed by atoms with Crippen LogP contribution in [0.4, 0.5) is 0 Å². The van der Waals surface area contributed by atoms with Crippen LogP contribution in [0.25, 0.3) is 10.4 Å². The number of likely N-dealkylation sites (tertiary alicyclic amines) is 1. The van der Waals surface area contributed by atoms with Crippen molar-refractivity contribution in [3.63, 3.8) is 0 Å². The van der Waals surface area contributed by atoms with Crippen LogP contribution in [0, 0.1) is 12.3 Å². The molecule has 3 fully saturated rings. The molecular weight excluding hydrogens is 691 g/mol. The van der Waals surface area contributed by atoms with Gasteiger partial charge in [0.05, 0.1) is 46.0 Å². The summed E-state index contributed by atoms with van der Waals surface area (Å²) in [5, 5.41) is 16.7. The molecule has 3 heterocycles. The molecule has 0 spiro atoms. The van der Waals surface area contributed by atoms with Gasteiger partial charge in [-0.2, -0.15) is 0 Å². The largest absolute Gasteiger partial charge is 0.494 e. The van der Waals surface area contributed by atoms with Crippen LogP contribution in [0.5, 0.6) is 0 Å². The summed E-state index contributed by atoms with van der Waals surface area (Å²) in [6.07, 6.45) is 0.314. The van der Waals surface area contributed by atoms with E-state index < -0.39 is 53.4 Å². The van der Waals surface area contributed by atoms with E-state index in [2.05, 4.69) is 15.6 Å². The molecule has 1 aromatic heterocycles. The first kappa shape index (κ1) is 39.1. The molecule has 2 aromatic carbocycles. The lowest BCUT2D eigenvalue weighted by atomic mass is 9.79. The van der Waals surface area contributed by atoms with Crippen LogP contribution < -0.4 is 16.1 Å². The molecule has 3 N–H and O–H groups in total. The topological polar surface area (TPSA) is 139 Å². The van der Waals surface area contributed by atoms with Crippen LogP contribution >= 0.6 is 11.3 Å². The quantitative estimate of drug-likeness (QED) is 0.238. The second-order valence-corrected chi connectivity index (χ2v) is 17.8. The highest BCUT2D eigenvalue weighted by Crippen LogP contribution is 2.41. The number of rotatable bonds is 11. The molecule has 1 saturated carbocycles. The SMILES string of the molecule is Cc1ncsc1-c1ccc([C@H](C)NC(=O)[C@@H]2C[C@@H](O)CN2C(=O)C(NC(=O)C2(OCc3ccc(B4OC(C)(C)C(C)(C)O4)cc3)CC2)C(C)(C)C)cc1. The van der Waals surface area contributed by atoms with Crippen LogP contribution in [0.15, 0.2) is 54.0 Å². The number of aromatic nitrogens is 1. The molecule has 13 heteroatoms. The van der Waals surface area contributed by atoms with E-state index in [1.165, 1.54) is 4.90 Å². The number of aryl methyl sites for hydroxylation is 1. The molecular formula is C40H53BN4O7S. The van der Waals surface area contributed by atoms with Crippen LogP contribution in [-0.4, -0.2) is 81.4 Å². The van der Waals surface area contributed by atoms with E-state index in [-0.39, 0.29) is 37.4 Å². The van der Waals surface area contributed by atoms with Crippen molar-refractivity contribution >= 4 is 41.6 Å². The Kier molecular flexibility index (Phi) is 10.7. The maximum atomic E-state index is 14.2. The lowest BCUT2D eigenvalue weighted by molar-refractivity contribution is -0.147. The third-order valence-electron chi connectivity index (χ3n) is 11.2. The summed E-state index contributed by atoms with van der Waals surface area (Å²) in [6, 6.07) is 13.6. The van der Waals surface area contributed by atoms with Gasteiger partial charge in [0.2, 0.25) is 11.8 Å². The van der Waals surface area contributed by atoms with Gasteiger partial charge in [0.15, 0.2) is 0 Å². The Balaban J connectivity index is 1.07. The summed E-state index contributed by atoms with van der Waals surface area (Å²) in [7, 11) is -0.468. The van der Waals surface area contributed by atoms with Gasteiger partial charge in [0, 0.05) is 13.0 Å². The summed E-state index contributed by atoms with van der Waals surface area (Å²) in [4.78, 5) is 48.6. The zero-order chi connectivity index (χ0) is 38.5. The zero-order valence-electron chi connectivity index (χ0n) is 32.3. The molecule has 3 aromatic rings. The molecule has 1 aliphatic carbocycles. The summed E-state index contributed by atoms with van der Waals surface area (Å²) in [6.45, 7) is 17.8. The number of hydrogen-bond donors (Lipinski definition) is 3. The number of thiazole rings is 1. The summed E-state index contributed by atoms with van der Waals surface area (Å²) in [5.41, 5.74) is 3.96. The van der Waals surface area contributed by atoms with E-state index in [0.29, 0.717) is 12.8 Å². The van der Waals surface area contributed by atoms with Gasteiger partial charge in [-0.3, -0.25) is 14.4 Å². The van der Waals surface area contributed by atoms with Crippen molar-refractivity contribution in [2.75, 3.05) is 6.54 Å². The maximum absolute atomic E-state index is 14.2. The number of amides is 3. The minimum absolute atomic E-state index is 0.000215. The van der Waals surface area contributed by atoms with E-state index >= 15 is 0 Å². The minimum Gasteiger partial charge on any atom is -0.399 e. The molecule has 11 nitrogen and oxygen atoms in total. The van der Waals surface area contributed by atoms with E-state index in [1.807, 2.05) is 116 Å². The number of hydrogen-bond acceptors (Lipinski definition) is 9. The fraction of sp³-hybridized carbons (Fsp3) is 0.550. The van der Waals surface area contributed by atoms with Crippen molar-refractivity contribution in [1.29, 1.82) is 0 Å². The molecule has 0 bridgehead atoms. The van der Waals surface area contributed by atoms with Crippen molar-refractivity contribution in [1.82, 2.24) is 20.5 Å². The van der Waals surface area contributed by atoms with Gasteiger partial charge in [0.25, 0.3) is 5.91 Å². The first-order chi connectivity index (χ1) is 24.8. The zero-order valence-corrected chi connectivity index (χ0v) is 33.1. The van der Waals surface area contributed by atoms with Gasteiger partial charge in [-0.05, 0) is 82.0 Å². The minimum atomic E-state index is -1.04. The van der Waals surface area contributed by atoms with E-state index in [9.17, 15) is 19.5 Å². The molecule has 3 aliphatic rings. The van der Waals surface area contributed by atoms with Crippen molar-refractivity contribution < 1.29 is 33.5 Å². The summed E-state index contributed by atoms with van der Waals surface area (Å²) < 4.78 is 18.6. The van der Waals surface area contributed by atoms with Crippen molar-refractivity contribution in [2.45, 2.75) is 129 Å². The number of carbonyl (C=O) groups excluding carboxylic acids is 3. The number of aliphatic hydroxyl groups excluding tert-OH is 1. The number of aliphatic hydroxyl groups is 1. The molecule has 4 atom stereocenters. The highest BCUT2D eigenvalue weighted by atomic mass is 32.1. The monoisotopic (exact) mass is 744 g/mol. The fourth-order valence-corrected chi connectivity index (χ4v) is 7.61. The van der Waals surface area contributed by atoms with Gasteiger partial charge in [-0.15, -0.1) is 11.3 Å². The standard InChI is InChI=1S/C40H53BN4O7S/c1-24(27-12-14-28(15-13-27)32-25(2)42-23-53-32)43-34(47)31-20-30(46)21-45(31)35(48)33(37(3,4)5)44-36(49)40(18-19-40)50-22-26-10-16-29(17-11-26)41-51-38(6,7)39(8,9)52-41/h10-17,23-24,30-31,33,46H,18-22H2,1-9H3,(H,43,47)(H,44,49)/t24-,30+,31-,33?/m0/s1. The second-order valence-electron chi connectivity index (χ2n) is 16.9. The Morgan fingerprint density at radius 3 is 2.19 bits per heavy atom. The van der Waals surface area contributed by atoms with E-state index in [4.69, 9.17) is 14.0 Å². The van der Waals surface area contributed by atoms with Crippen molar-refractivity contribution in [3.05, 3.63) is 70.9 Å². The number of benzene rings is 2. The smallest absolute Gasteiger partial charge is 0.399 e. The normalized spacial score (nSPS) is 22.7. The molecule has 0 radical (unpaired) electrons. The Labute approximate surface area is 317 Å². The van der Waals surface area contributed by atoms with Gasteiger partial charge in [-0.1, -0.05) is 69.3 Å². The molecule has 53 heavy (non-hydrogen) atoms. The summed E-state index contributed by atoms with van der Waals surface area (Å²) >= 11 is 1.58. The fourth-order valence-electron chi connectivity index (χ4n) is 6.80. The summed E-state index contributed by atoms with van der Waals surface area (Å²) in [5.74, 6) is -1.12. The Morgan fingerprint density at radius 1 is 1.02 bits per heavy atom. The molecule has 2 aliphatic heterocycles. The van der Waals surface area contributed by atoms with Gasteiger partial charge >= 0.3 is 7.12 Å². The predicted molar refractivity (Wildman–Crippen MR) is 205 cm³/mol. The van der Waals surface area contributed by atoms with Crippen LogP contribution in [0.3, 0.4) is 0 Å². The van der Waals surface area contributed by atoms with Crippen LogP contribution in [-0.2, 0) is 35.0 Å². The van der Waals surface area contributed by atoms with Crippen molar-refractivity contribution in [2.24, 2.45) is 5.41 Å². The molecule has 3 amide bonds. The lowest BCUT2D eigenvalue weighted by Crippen LogP contribution is -2.59. The van der Waals surface area contributed by atoms with E-state index in [1.54, 1.807) is 11.3 Å². The number of carbonyl (C=O) groups is 3. The van der Waals surface area contributed by atoms with Crippen LogP contribution in [0.1, 0.15) is 97.5 Å². The Hall–Kier alpha value is -3.62. The van der Waals surface area contributed by atoms with Gasteiger partial charge in [-0.25, -0.2) is 4.98 Å². The second kappa shape index (κ2) is 14.6. The first-order valence-electron chi connectivity index (χ1n) is 18.5. The Morgan fingerprint density at radius 2 is 1.64 bits per heavy atom. The third-order valence-corrected chi connectivity index (χ3v) is 12.1. The van der Waals surface area contributed by atoms with Gasteiger partial charge in [0.1, 0.15) is 17.7 Å². The van der Waals surface area contributed by atoms with Crippen LogP contribution in [0.2, 0.25) is 0 Å². The number of β-amino-alcohol motifs (C(OH)–C–C–N with tert-alkyl or cyclic N) is 1. The maximum Gasteiger partial charge on any atom is 0.494 e. The van der Waals surface area contributed by atoms with Crippen molar-refractivity contribution in [3.8, 4) is 10.4 Å². The molecule has 1 unspecified atom stereocenters. The Bertz CT molecular complexity index is 1800. The first-order valence-corrected chi connectivity index (χ1v) is 19.4. The average molecular weight is 745 g/mol. The number of ether oxygens (including phenoxy) is 1.